The van der Waals surface area contributed by atoms with Crippen LogP contribution in [0.2, 0.25) is 0 Å². The zero-order chi connectivity index (χ0) is 9.68. The number of rotatable bonds is 4. The van der Waals surface area contributed by atoms with E-state index in [-0.39, 0.29) is 0 Å². The Bertz CT molecular complexity index is 261. The summed E-state index contributed by atoms with van der Waals surface area (Å²) >= 11 is 0. The van der Waals surface area contributed by atoms with Crippen molar-refractivity contribution in [1.82, 2.24) is 0 Å². The molecule has 1 aromatic rings. The van der Waals surface area contributed by atoms with E-state index in [2.05, 4.69) is 21.9 Å². The number of hydrogen-bond donors (Lipinski definition) is 1. The van der Waals surface area contributed by atoms with Crippen molar-refractivity contribution in [3.8, 4) is 0 Å². The molecule has 0 aliphatic heterocycles. The molecule has 0 amide bonds. The van der Waals surface area contributed by atoms with Gasteiger partial charge in [0, 0.05) is 19.8 Å². The summed E-state index contributed by atoms with van der Waals surface area (Å²) in [5.41, 5.74) is 2.48. The third-order valence-corrected chi connectivity index (χ3v) is 1.96. The van der Waals surface area contributed by atoms with Crippen molar-refractivity contribution in [2.75, 3.05) is 25.6 Å². The lowest BCUT2D eigenvalue weighted by atomic mass is 10.1. The standard InChI is InChI=1S/C10H16N2O/c1-12(2)10-6-4-3-5-9(10)7-8-13-11/h3-6H,7-8,11H2,1-2H3. The van der Waals surface area contributed by atoms with Crippen LogP contribution < -0.4 is 10.8 Å². The Hall–Kier alpha value is -1.06. The molecule has 0 saturated heterocycles. The van der Waals surface area contributed by atoms with Crippen molar-refractivity contribution >= 4 is 5.69 Å². The van der Waals surface area contributed by atoms with Crippen LogP contribution in [0.4, 0.5) is 5.69 Å². The highest BCUT2D eigenvalue weighted by molar-refractivity contribution is 5.52. The first kappa shape index (κ1) is 10.0. The van der Waals surface area contributed by atoms with E-state index in [4.69, 9.17) is 5.90 Å². The van der Waals surface area contributed by atoms with Crippen molar-refractivity contribution in [2.24, 2.45) is 5.90 Å². The Kier molecular flexibility index (Phi) is 3.73. The molecule has 13 heavy (non-hydrogen) atoms. The summed E-state index contributed by atoms with van der Waals surface area (Å²) in [7, 11) is 4.06. The van der Waals surface area contributed by atoms with E-state index in [9.17, 15) is 0 Å². The van der Waals surface area contributed by atoms with Gasteiger partial charge in [0.25, 0.3) is 0 Å². The van der Waals surface area contributed by atoms with Gasteiger partial charge in [-0.3, -0.25) is 0 Å². The maximum Gasteiger partial charge on any atom is 0.0720 e. The van der Waals surface area contributed by atoms with Crippen molar-refractivity contribution in [3.05, 3.63) is 29.8 Å². The maximum absolute atomic E-state index is 4.99. The average Bonchev–Trinajstić information content (AvgIpc) is 2.15. The second-order valence-corrected chi connectivity index (χ2v) is 3.14. The van der Waals surface area contributed by atoms with E-state index < -0.39 is 0 Å². The molecule has 0 fully saturated rings. The van der Waals surface area contributed by atoms with Gasteiger partial charge in [-0.05, 0) is 18.1 Å². The van der Waals surface area contributed by atoms with Crippen molar-refractivity contribution in [2.45, 2.75) is 6.42 Å². The third-order valence-electron chi connectivity index (χ3n) is 1.96. The highest BCUT2D eigenvalue weighted by atomic mass is 16.6. The summed E-state index contributed by atoms with van der Waals surface area (Å²) in [6.07, 6.45) is 0.852. The molecule has 2 N–H and O–H groups in total. The third kappa shape index (κ3) is 2.72. The lowest BCUT2D eigenvalue weighted by Crippen LogP contribution is -2.12. The fraction of sp³-hybridized carbons (Fsp3) is 0.400. The quantitative estimate of drug-likeness (QED) is 0.707. The maximum atomic E-state index is 4.99. The normalized spacial score (nSPS) is 10.1. The second kappa shape index (κ2) is 4.84. The Balaban J connectivity index is 2.78. The predicted molar refractivity (Wildman–Crippen MR) is 54.6 cm³/mol. The summed E-state index contributed by atoms with van der Waals surface area (Å²) in [5.74, 6) is 4.99. The van der Waals surface area contributed by atoms with Crippen LogP contribution in [-0.2, 0) is 11.3 Å². The molecule has 0 spiro atoms. The molecule has 0 bridgehead atoms. The van der Waals surface area contributed by atoms with Gasteiger partial charge < -0.3 is 9.74 Å². The van der Waals surface area contributed by atoms with Crippen LogP contribution in [0.1, 0.15) is 5.56 Å². The van der Waals surface area contributed by atoms with Crippen molar-refractivity contribution in [1.29, 1.82) is 0 Å². The molecule has 0 saturated carbocycles. The largest absolute Gasteiger partial charge is 0.377 e. The molecule has 0 unspecified atom stereocenters. The zero-order valence-electron chi connectivity index (χ0n) is 8.16. The number of nitrogens with zero attached hydrogens (tertiary/aromatic N) is 1. The molecule has 0 aliphatic carbocycles. The Morgan fingerprint density at radius 3 is 2.62 bits per heavy atom. The van der Waals surface area contributed by atoms with Gasteiger partial charge in [-0.1, -0.05) is 18.2 Å². The molecule has 3 nitrogen and oxygen atoms in total. The van der Waals surface area contributed by atoms with E-state index in [1.54, 1.807) is 0 Å². The van der Waals surface area contributed by atoms with Gasteiger partial charge in [0.2, 0.25) is 0 Å². The molecular weight excluding hydrogens is 164 g/mol. The topological polar surface area (TPSA) is 38.5 Å². The van der Waals surface area contributed by atoms with E-state index in [0.29, 0.717) is 6.61 Å². The molecular formula is C10H16N2O. The van der Waals surface area contributed by atoms with Crippen LogP contribution in [0, 0.1) is 0 Å². The molecule has 1 aromatic carbocycles. The highest BCUT2D eigenvalue weighted by Crippen LogP contribution is 2.17. The smallest absolute Gasteiger partial charge is 0.0720 e. The SMILES string of the molecule is CN(C)c1ccccc1CCON. The fourth-order valence-electron chi connectivity index (χ4n) is 1.33. The minimum absolute atomic E-state index is 0.560. The molecule has 0 atom stereocenters. The Morgan fingerprint density at radius 2 is 2.00 bits per heavy atom. The van der Waals surface area contributed by atoms with Gasteiger partial charge in [-0.2, -0.15) is 0 Å². The van der Waals surface area contributed by atoms with Gasteiger partial charge in [0.1, 0.15) is 0 Å². The molecule has 3 heteroatoms. The lowest BCUT2D eigenvalue weighted by molar-refractivity contribution is 0.141. The first-order valence-corrected chi connectivity index (χ1v) is 4.32. The lowest BCUT2D eigenvalue weighted by Gasteiger charge is -2.16. The number of para-hydroxylation sites is 1. The Morgan fingerprint density at radius 1 is 1.31 bits per heavy atom. The van der Waals surface area contributed by atoms with E-state index in [1.165, 1.54) is 11.3 Å². The predicted octanol–water partition coefficient (Wildman–Crippen LogP) is 1.19. The van der Waals surface area contributed by atoms with Gasteiger partial charge in [-0.25, -0.2) is 5.90 Å². The van der Waals surface area contributed by atoms with Gasteiger partial charge >= 0.3 is 0 Å². The van der Waals surface area contributed by atoms with Gasteiger partial charge in [-0.15, -0.1) is 0 Å². The van der Waals surface area contributed by atoms with Crippen LogP contribution >= 0.6 is 0 Å². The first-order valence-electron chi connectivity index (χ1n) is 4.32. The van der Waals surface area contributed by atoms with E-state index in [1.807, 2.05) is 26.2 Å². The minimum atomic E-state index is 0.560. The minimum Gasteiger partial charge on any atom is -0.377 e. The van der Waals surface area contributed by atoms with Crippen LogP contribution in [-0.4, -0.2) is 20.7 Å². The van der Waals surface area contributed by atoms with Crippen molar-refractivity contribution in [3.63, 3.8) is 0 Å². The molecule has 0 radical (unpaired) electrons. The van der Waals surface area contributed by atoms with Gasteiger partial charge in [0.15, 0.2) is 0 Å². The van der Waals surface area contributed by atoms with E-state index in [0.717, 1.165) is 6.42 Å². The van der Waals surface area contributed by atoms with Crippen LogP contribution in [0.5, 0.6) is 0 Å². The summed E-state index contributed by atoms with van der Waals surface area (Å²) in [6, 6.07) is 8.24. The first-order chi connectivity index (χ1) is 6.25. The van der Waals surface area contributed by atoms with Gasteiger partial charge in [0.05, 0.1) is 6.61 Å². The monoisotopic (exact) mass is 180 g/mol. The number of benzene rings is 1. The van der Waals surface area contributed by atoms with E-state index >= 15 is 0 Å². The number of anilines is 1. The summed E-state index contributed by atoms with van der Waals surface area (Å²) in [4.78, 5) is 6.65. The van der Waals surface area contributed by atoms with Crippen LogP contribution in [0.15, 0.2) is 24.3 Å². The summed E-state index contributed by atoms with van der Waals surface area (Å²) in [6.45, 7) is 0.560. The summed E-state index contributed by atoms with van der Waals surface area (Å²) in [5, 5.41) is 0. The molecule has 0 aliphatic rings. The molecule has 0 aromatic heterocycles. The number of nitrogens with two attached hydrogens (primary N) is 1. The van der Waals surface area contributed by atoms with Crippen LogP contribution in [0.25, 0.3) is 0 Å². The molecule has 72 valence electrons. The second-order valence-electron chi connectivity index (χ2n) is 3.14. The van der Waals surface area contributed by atoms with Crippen LogP contribution in [0.3, 0.4) is 0 Å². The molecule has 1 rings (SSSR count). The average molecular weight is 180 g/mol. The van der Waals surface area contributed by atoms with Crippen molar-refractivity contribution < 1.29 is 4.84 Å². The zero-order valence-corrected chi connectivity index (χ0v) is 8.16. The summed E-state index contributed by atoms with van der Waals surface area (Å²) < 4.78 is 0. The Labute approximate surface area is 79.1 Å². The number of hydrogen-bond acceptors (Lipinski definition) is 3. The molecule has 0 heterocycles. The fourth-order valence-corrected chi connectivity index (χ4v) is 1.33. The highest BCUT2D eigenvalue weighted by Gasteiger charge is 2.02.